The SMILES string of the molecule is Cc1c(NC(=O)CC(=O)O)cccc1C(=O)O. The molecule has 0 bridgehead atoms. The smallest absolute Gasteiger partial charge is 0.336 e. The highest BCUT2D eigenvalue weighted by molar-refractivity contribution is 6.02. The van der Waals surface area contributed by atoms with E-state index in [0.29, 0.717) is 11.3 Å². The molecule has 0 radical (unpaired) electrons. The van der Waals surface area contributed by atoms with Gasteiger partial charge in [0.15, 0.2) is 0 Å². The monoisotopic (exact) mass is 237 g/mol. The summed E-state index contributed by atoms with van der Waals surface area (Å²) in [5.41, 5.74) is 0.757. The minimum atomic E-state index is -1.24. The number of aliphatic carboxylic acids is 1. The highest BCUT2D eigenvalue weighted by Crippen LogP contribution is 2.19. The van der Waals surface area contributed by atoms with Gasteiger partial charge in [-0.15, -0.1) is 0 Å². The van der Waals surface area contributed by atoms with Gasteiger partial charge in [-0.1, -0.05) is 6.07 Å². The van der Waals surface area contributed by atoms with Crippen LogP contribution in [0.1, 0.15) is 22.3 Å². The van der Waals surface area contributed by atoms with Crippen LogP contribution < -0.4 is 5.32 Å². The van der Waals surface area contributed by atoms with Crippen molar-refractivity contribution in [2.45, 2.75) is 13.3 Å². The van der Waals surface area contributed by atoms with E-state index in [-0.39, 0.29) is 5.56 Å². The molecule has 6 heteroatoms. The van der Waals surface area contributed by atoms with Gasteiger partial charge in [0.05, 0.1) is 5.56 Å². The Bertz CT molecular complexity index is 481. The molecule has 0 aliphatic carbocycles. The van der Waals surface area contributed by atoms with Crippen LogP contribution in [-0.2, 0) is 9.59 Å². The minimum Gasteiger partial charge on any atom is -0.481 e. The number of carbonyl (C=O) groups excluding carboxylic acids is 1. The lowest BCUT2D eigenvalue weighted by Crippen LogP contribution is -2.17. The first-order valence-corrected chi connectivity index (χ1v) is 4.76. The Kier molecular flexibility index (Phi) is 3.82. The number of carboxylic acid groups (broad SMARTS) is 2. The zero-order chi connectivity index (χ0) is 13.0. The molecule has 0 saturated carbocycles. The first kappa shape index (κ1) is 12.7. The molecular formula is C11H11NO5. The van der Waals surface area contributed by atoms with Crippen LogP contribution in [0, 0.1) is 6.92 Å². The van der Waals surface area contributed by atoms with Crippen LogP contribution in [0.25, 0.3) is 0 Å². The maximum absolute atomic E-state index is 11.2. The van der Waals surface area contributed by atoms with E-state index >= 15 is 0 Å². The van der Waals surface area contributed by atoms with Gasteiger partial charge in [0, 0.05) is 5.69 Å². The van der Waals surface area contributed by atoms with Crippen molar-refractivity contribution in [1.29, 1.82) is 0 Å². The zero-order valence-electron chi connectivity index (χ0n) is 9.06. The number of anilines is 1. The topological polar surface area (TPSA) is 104 Å². The van der Waals surface area contributed by atoms with E-state index < -0.39 is 24.3 Å². The number of amides is 1. The highest BCUT2D eigenvalue weighted by Gasteiger charge is 2.13. The summed E-state index contributed by atoms with van der Waals surface area (Å²) in [6.07, 6.45) is -0.656. The molecule has 0 saturated heterocycles. The second-order valence-electron chi connectivity index (χ2n) is 3.40. The van der Waals surface area contributed by atoms with Gasteiger partial charge < -0.3 is 15.5 Å². The molecule has 1 amide bonds. The van der Waals surface area contributed by atoms with E-state index in [1.54, 1.807) is 6.92 Å². The third kappa shape index (κ3) is 3.30. The fourth-order valence-electron chi connectivity index (χ4n) is 1.33. The number of benzene rings is 1. The molecule has 17 heavy (non-hydrogen) atoms. The predicted molar refractivity (Wildman–Crippen MR) is 59.0 cm³/mol. The highest BCUT2D eigenvalue weighted by atomic mass is 16.4. The summed E-state index contributed by atoms with van der Waals surface area (Å²) in [5, 5.41) is 19.6. The molecule has 0 spiro atoms. The number of rotatable bonds is 4. The standard InChI is InChI=1S/C11H11NO5/c1-6-7(11(16)17)3-2-4-8(6)12-9(13)5-10(14)15/h2-4H,5H2,1H3,(H,12,13)(H,14,15)(H,16,17). The van der Waals surface area contributed by atoms with Crippen molar-refractivity contribution in [3.8, 4) is 0 Å². The number of hydrogen-bond donors (Lipinski definition) is 3. The predicted octanol–water partition coefficient (Wildman–Crippen LogP) is 1.11. The Hall–Kier alpha value is -2.37. The van der Waals surface area contributed by atoms with Crippen LogP contribution in [0.3, 0.4) is 0 Å². The molecule has 0 aliphatic heterocycles. The lowest BCUT2D eigenvalue weighted by atomic mass is 10.1. The Morgan fingerprint density at radius 2 is 1.88 bits per heavy atom. The van der Waals surface area contributed by atoms with Gasteiger partial charge in [-0.3, -0.25) is 9.59 Å². The van der Waals surface area contributed by atoms with Crippen molar-refractivity contribution in [3.05, 3.63) is 29.3 Å². The van der Waals surface area contributed by atoms with Gasteiger partial charge in [-0.25, -0.2) is 4.79 Å². The summed E-state index contributed by atoms with van der Waals surface area (Å²) >= 11 is 0. The van der Waals surface area contributed by atoms with Crippen molar-refractivity contribution in [3.63, 3.8) is 0 Å². The molecule has 0 fully saturated rings. The summed E-state index contributed by atoms with van der Waals surface area (Å²) in [6, 6.07) is 4.40. The molecule has 1 aromatic carbocycles. The lowest BCUT2D eigenvalue weighted by molar-refractivity contribution is -0.139. The number of carbonyl (C=O) groups is 3. The Balaban J connectivity index is 2.92. The molecule has 0 aliphatic rings. The fraction of sp³-hybridized carbons (Fsp3) is 0.182. The van der Waals surface area contributed by atoms with Gasteiger partial charge in [0.25, 0.3) is 0 Å². The van der Waals surface area contributed by atoms with Crippen LogP contribution in [0.15, 0.2) is 18.2 Å². The van der Waals surface area contributed by atoms with Crippen molar-refractivity contribution in [2.75, 3.05) is 5.32 Å². The Labute approximate surface area is 96.9 Å². The maximum atomic E-state index is 11.2. The zero-order valence-corrected chi connectivity index (χ0v) is 9.06. The number of nitrogens with one attached hydrogen (secondary N) is 1. The normalized spacial score (nSPS) is 9.71. The first-order valence-electron chi connectivity index (χ1n) is 4.76. The molecule has 0 aromatic heterocycles. The van der Waals surface area contributed by atoms with Gasteiger partial charge in [-0.2, -0.15) is 0 Å². The van der Waals surface area contributed by atoms with E-state index in [1.807, 2.05) is 0 Å². The molecule has 0 atom stereocenters. The quantitative estimate of drug-likeness (QED) is 0.680. The van der Waals surface area contributed by atoms with Gasteiger partial charge in [0.1, 0.15) is 6.42 Å². The third-order valence-electron chi connectivity index (χ3n) is 2.15. The average molecular weight is 237 g/mol. The summed E-state index contributed by atoms with van der Waals surface area (Å²) in [4.78, 5) is 32.4. The molecule has 90 valence electrons. The minimum absolute atomic E-state index is 0.0677. The average Bonchev–Trinajstić information content (AvgIpc) is 2.19. The van der Waals surface area contributed by atoms with Crippen molar-refractivity contribution < 1.29 is 24.6 Å². The van der Waals surface area contributed by atoms with E-state index in [9.17, 15) is 14.4 Å². The maximum Gasteiger partial charge on any atom is 0.336 e. The van der Waals surface area contributed by atoms with Crippen LogP contribution in [0.5, 0.6) is 0 Å². The van der Waals surface area contributed by atoms with Crippen LogP contribution >= 0.6 is 0 Å². The molecule has 1 rings (SSSR count). The number of aromatic carboxylic acids is 1. The molecule has 3 N–H and O–H groups in total. The van der Waals surface area contributed by atoms with Crippen LogP contribution in [-0.4, -0.2) is 28.1 Å². The van der Waals surface area contributed by atoms with Crippen LogP contribution in [0.2, 0.25) is 0 Å². The second kappa shape index (κ2) is 5.11. The third-order valence-corrected chi connectivity index (χ3v) is 2.15. The van der Waals surface area contributed by atoms with Gasteiger partial charge >= 0.3 is 11.9 Å². The first-order chi connectivity index (χ1) is 7.91. The molecule has 0 heterocycles. The number of carboxylic acids is 2. The second-order valence-corrected chi connectivity index (χ2v) is 3.40. The Morgan fingerprint density at radius 1 is 1.24 bits per heavy atom. The largest absolute Gasteiger partial charge is 0.481 e. The summed E-state index contributed by atoms with van der Waals surface area (Å²) in [7, 11) is 0. The van der Waals surface area contributed by atoms with Gasteiger partial charge in [0.2, 0.25) is 5.91 Å². The summed E-state index contributed by atoms with van der Waals surface area (Å²) in [6.45, 7) is 1.54. The molecule has 0 unspecified atom stereocenters. The van der Waals surface area contributed by atoms with Crippen LogP contribution in [0.4, 0.5) is 5.69 Å². The summed E-state index contributed by atoms with van der Waals surface area (Å²) in [5.74, 6) is -3.03. The van der Waals surface area contributed by atoms with Crippen molar-refractivity contribution >= 4 is 23.5 Å². The molecule has 1 aromatic rings. The molecular weight excluding hydrogens is 226 g/mol. The lowest BCUT2D eigenvalue weighted by Gasteiger charge is -2.09. The summed E-state index contributed by atoms with van der Waals surface area (Å²) < 4.78 is 0. The van der Waals surface area contributed by atoms with E-state index in [0.717, 1.165) is 0 Å². The van der Waals surface area contributed by atoms with E-state index in [2.05, 4.69) is 5.32 Å². The van der Waals surface area contributed by atoms with E-state index in [1.165, 1.54) is 18.2 Å². The van der Waals surface area contributed by atoms with Crippen molar-refractivity contribution in [2.24, 2.45) is 0 Å². The van der Waals surface area contributed by atoms with Crippen molar-refractivity contribution in [1.82, 2.24) is 0 Å². The number of hydrogen-bond acceptors (Lipinski definition) is 3. The Morgan fingerprint density at radius 3 is 2.41 bits per heavy atom. The molecule has 6 nitrogen and oxygen atoms in total. The fourth-order valence-corrected chi connectivity index (χ4v) is 1.33. The van der Waals surface area contributed by atoms with Gasteiger partial charge in [-0.05, 0) is 24.6 Å². The van der Waals surface area contributed by atoms with E-state index in [4.69, 9.17) is 10.2 Å².